The second-order valence-corrected chi connectivity index (χ2v) is 6.20. The van der Waals surface area contributed by atoms with Gasteiger partial charge >= 0.3 is 0 Å². The van der Waals surface area contributed by atoms with Crippen molar-refractivity contribution in [2.75, 3.05) is 13.4 Å². The number of thioether (sulfide) groups is 1. The summed E-state index contributed by atoms with van der Waals surface area (Å²) < 4.78 is 7.05. The number of benzene rings is 2. The first-order valence-corrected chi connectivity index (χ1v) is 9.02. The molecule has 0 aliphatic carbocycles. The summed E-state index contributed by atoms with van der Waals surface area (Å²) in [6, 6.07) is 20.1. The number of ether oxygens (including phenoxy) is 1. The highest BCUT2D eigenvalue weighted by Gasteiger charge is 2.13. The van der Waals surface area contributed by atoms with Gasteiger partial charge in [0.1, 0.15) is 5.75 Å². The van der Waals surface area contributed by atoms with Gasteiger partial charge in [-0.1, -0.05) is 42.1 Å². The van der Waals surface area contributed by atoms with Crippen molar-refractivity contribution in [1.82, 2.24) is 19.6 Å². The van der Waals surface area contributed by atoms with E-state index in [0.29, 0.717) is 10.9 Å². The number of methoxy groups -OCH3 is 1. The van der Waals surface area contributed by atoms with E-state index in [1.165, 1.54) is 11.8 Å². The molecule has 0 unspecified atom stereocenters. The molecule has 2 aromatic carbocycles. The average molecular weight is 348 g/mol. The third-order valence-electron chi connectivity index (χ3n) is 3.93. The van der Waals surface area contributed by atoms with E-state index in [9.17, 15) is 0 Å². The molecular formula is C19H16N4OS. The van der Waals surface area contributed by atoms with E-state index >= 15 is 0 Å². The molecule has 124 valence electrons. The first-order valence-electron chi connectivity index (χ1n) is 7.80. The van der Waals surface area contributed by atoms with E-state index in [-0.39, 0.29) is 0 Å². The Balaban J connectivity index is 1.94. The molecule has 2 heterocycles. The number of fused-ring (bicyclic) bond motifs is 1. The van der Waals surface area contributed by atoms with Gasteiger partial charge in [0.15, 0.2) is 0 Å². The number of rotatable bonds is 4. The maximum Gasteiger partial charge on any atom is 0.254 e. The van der Waals surface area contributed by atoms with E-state index in [1.807, 2.05) is 66.9 Å². The van der Waals surface area contributed by atoms with Crippen LogP contribution in [0.4, 0.5) is 0 Å². The standard InChI is InChI=1S/C19H16N4OS/c1-24-15-10-8-14(9-11-15)17-12-16(13-6-4-3-5-7-13)20-18-21-19(25-2)22-23(17)18/h3-12H,1-2H3. The van der Waals surface area contributed by atoms with Gasteiger partial charge in [-0.15, -0.1) is 5.10 Å². The van der Waals surface area contributed by atoms with Gasteiger partial charge in [-0.3, -0.25) is 0 Å². The molecule has 0 spiro atoms. The monoisotopic (exact) mass is 348 g/mol. The number of hydrogen-bond donors (Lipinski definition) is 0. The second-order valence-electron chi connectivity index (χ2n) is 5.43. The fourth-order valence-electron chi connectivity index (χ4n) is 2.66. The van der Waals surface area contributed by atoms with Gasteiger partial charge in [0.25, 0.3) is 5.78 Å². The highest BCUT2D eigenvalue weighted by Crippen LogP contribution is 2.27. The van der Waals surface area contributed by atoms with Crippen molar-refractivity contribution in [2.24, 2.45) is 0 Å². The summed E-state index contributed by atoms with van der Waals surface area (Å²) in [4.78, 5) is 9.20. The van der Waals surface area contributed by atoms with E-state index < -0.39 is 0 Å². The maximum atomic E-state index is 5.26. The van der Waals surface area contributed by atoms with Crippen molar-refractivity contribution in [2.45, 2.75) is 5.16 Å². The van der Waals surface area contributed by atoms with Crippen molar-refractivity contribution >= 4 is 17.5 Å². The highest BCUT2D eigenvalue weighted by molar-refractivity contribution is 7.98. The summed E-state index contributed by atoms with van der Waals surface area (Å²) >= 11 is 1.50. The molecular weight excluding hydrogens is 332 g/mol. The Morgan fingerprint density at radius 1 is 0.920 bits per heavy atom. The van der Waals surface area contributed by atoms with Crippen LogP contribution in [0.3, 0.4) is 0 Å². The normalized spacial score (nSPS) is 11.0. The van der Waals surface area contributed by atoms with Gasteiger partial charge in [-0.25, -0.2) is 4.98 Å². The second kappa shape index (κ2) is 6.57. The van der Waals surface area contributed by atoms with Gasteiger partial charge in [0.05, 0.1) is 18.5 Å². The predicted octanol–water partition coefficient (Wildman–Crippen LogP) is 4.19. The lowest BCUT2D eigenvalue weighted by Gasteiger charge is -2.08. The van der Waals surface area contributed by atoms with E-state index in [1.54, 1.807) is 11.6 Å². The maximum absolute atomic E-state index is 5.26. The molecule has 0 amide bonds. The quantitative estimate of drug-likeness (QED) is 0.518. The van der Waals surface area contributed by atoms with Crippen LogP contribution in [0, 0.1) is 0 Å². The molecule has 0 atom stereocenters. The molecule has 6 heteroatoms. The topological polar surface area (TPSA) is 52.3 Å². The smallest absolute Gasteiger partial charge is 0.254 e. The summed E-state index contributed by atoms with van der Waals surface area (Å²) in [6.07, 6.45) is 1.96. The molecule has 0 saturated carbocycles. The van der Waals surface area contributed by atoms with Crippen LogP contribution in [0.2, 0.25) is 0 Å². The minimum absolute atomic E-state index is 0.594. The molecule has 25 heavy (non-hydrogen) atoms. The molecule has 0 N–H and O–H groups in total. The average Bonchev–Trinajstić information content (AvgIpc) is 3.11. The van der Waals surface area contributed by atoms with Crippen molar-refractivity contribution < 1.29 is 4.74 Å². The summed E-state index contributed by atoms with van der Waals surface area (Å²) in [6.45, 7) is 0. The van der Waals surface area contributed by atoms with Crippen LogP contribution in [0.15, 0.2) is 65.8 Å². The Labute approximate surface area is 149 Å². The van der Waals surface area contributed by atoms with Crippen LogP contribution in [0.5, 0.6) is 5.75 Å². The fourth-order valence-corrected chi connectivity index (χ4v) is 3.00. The Hall–Kier alpha value is -2.86. The van der Waals surface area contributed by atoms with Crippen LogP contribution in [-0.2, 0) is 0 Å². The molecule has 5 nitrogen and oxygen atoms in total. The molecule has 0 saturated heterocycles. The van der Waals surface area contributed by atoms with E-state index in [2.05, 4.69) is 15.1 Å². The zero-order valence-electron chi connectivity index (χ0n) is 13.9. The Morgan fingerprint density at radius 2 is 1.68 bits per heavy atom. The van der Waals surface area contributed by atoms with Crippen LogP contribution < -0.4 is 4.74 Å². The van der Waals surface area contributed by atoms with Crippen molar-refractivity contribution in [3.63, 3.8) is 0 Å². The summed E-state index contributed by atoms with van der Waals surface area (Å²) in [5.41, 5.74) is 3.90. The Kier molecular flexibility index (Phi) is 4.11. The summed E-state index contributed by atoms with van der Waals surface area (Å²) in [5, 5.41) is 5.26. The van der Waals surface area contributed by atoms with Gasteiger partial charge in [-0.2, -0.15) is 9.50 Å². The largest absolute Gasteiger partial charge is 0.497 e. The number of hydrogen-bond acceptors (Lipinski definition) is 5. The van der Waals surface area contributed by atoms with Gasteiger partial charge in [0, 0.05) is 11.1 Å². The van der Waals surface area contributed by atoms with E-state index in [4.69, 9.17) is 4.74 Å². The molecule has 0 fully saturated rings. The Morgan fingerprint density at radius 3 is 2.36 bits per heavy atom. The lowest BCUT2D eigenvalue weighted by Crippen LogP contribution is -1.99. The third kappa shape index (κ3) is 2.96. The number of nitrogens with zero attached hydrogens (tertiary/aromatic N) is 4. The molecule has 4 aromatic rings. The highest BCUT2D eigenvalue weighted by atomic mass is 32.2. The van der Waals surface area contributed by atoms with Gasteiger partial charge < -0.3 is 4.74 Å². The third-order valence-corrected chi connectivity index (χ3v) is 4.47. The molecule has 0 bridgehead atoms. The van der Waals surface area contributed by atoms with Crippen LogP contribution in [0.25, 0.3) is 28.3 Å². The molecule has 0 radical (unpaired) electrons. The predicted molar refractivity (Wildman–Crippen MR) is 100.0 cm³/mol. The van der Waals surface area contributed by atoms with E-state index in [0.717, 1.165) is 28.3 Å². The van der Waals surface area contributed by atoms with Crippen molar-refractivity contribution in [3.8, 4) is 28.3 Å². The molecule has 4 rings (SSSR count). The Bertz CT molecular complexity index is 1010. The summed E-state index contributed by atoms with van der Waals surface area (Å²) in [7, 11) is 1.66. The lowest BCUT2D eigenvalue weighted by atomic mass is 10.1. The SMILES string of the molecule is COc1ccc(-c2cc(-c3ccccc3)nc3nc(SC)nn23)cc1. The minimum Gasteiger partial charge on any atom is -0.497 e. The van der Waals surface area contributed by atoms with Gasteiger partial charge in [0.2, 0.25) is 5.16 Å². The van der Waals surface area contributed by atoms with Crippen molar-refractivity contribution in [1.29, 1.82) is 0 Å². The van der Waals surface area contributed by atoms with Crippen molar-refractivity contribution in [3.05, 3.63) is 60.7 Å². The van der Waals surface area contributed by atoms with Gasteiger partial charge in [-0.05, 0) is 36.6 Å². The zero-order chi connectivity index (χ0) is 17.2. The number of aromatic nitrogens is 4. The molecule has 0 aliphatic heterocycles. The lowest BCUT2D eigenvalue weighted by molar-refractivity contribution is 0.415. The zero-order valence-corrected chi connectivity index (χ0v) is 14.7. The van der Waals surface area contributed by atoms with Crippen LogP contribution >= 0.6 is 11.8 Å². The fraction of sp³-hybridized carbons (Fsp3) is 0.105. The minimum atomic E-state index is 0.594. The van der Waals surface area contributed by atoms with Crippen LogP contribution in [-0.4, -0.2) is 32.9 Å². The molecule has 2 aromatic heterocycles. The first-order chi connectivity index (χ1) is 12.3. The first kappa shape index (κ1) is 15.7. The summed E-state index contributed by atoms with van der Waals surface area (Å²) in [5.74, 6) is 1.41. The molecule has 0 aliphatic rings. The van der Waals surface area contributed by atoms with Crippen LogP contribution in [0.1, 0.15) is 0 Å².